The molecule has 0 bridgehead atoms. The van der Waals surface area contributed by atoms with E-state index < -0.39 is 0 Å². The average molecular weight is 653 g/mol. The Balaban J connectivity index is 0.000000394. The van der Waals surface area contributed by atoms with Gasteiger partial charge in [0.05, 0.1) is 29.9 Å². The third-order valence-corrected chi connectivity index (χ3v) is 6.97. The van der Waals surface area contributed by atoms with Crippen LogP contribution in [0.1, 0.15) is 42.6 Å². The van der Waals surface area contributed by atoms with Crippen molar-refractivity contribution >= 4 is 41.8 Å². The summed E-state index contributed by atoms with van der Waals surface area (Å²) in [7, 11) is 8.35. The van der Waals surface area contributed by atoms with Crippen molar-refractivity contribution in [3.05, 3.63) is 53.2 Å². The molecular formula is C33H45FN8O5. The van der Waals surface area contributed by atoms with Gasteiger partial charge in [-0.15, -0.1) is 5.10 Å². The largest absolute Gasteiger partial charge is 0.494 e. The Bertz CT molecular complexity index is 1530. The second-order valence-corrected chi connectivity index (χ2v) is 11.1. The van der Waals surface area contributed by atoms with Crippen molar-refractivity contribution in [2.45, 2.75) is 46.5 Å². The van der Waals surface area contributed by atoms with Gasteiger partial charge in [0.2, 0.25) is 24.6 Å². The minimum atomic E-state index is -0.373. The highest BCUT2D eigenvalue weighted by atomic mass is 19.1. The molecular weight excluding hydrogens is 607 g/mol. The molecule has 2 fully saturated rings. The number of likely N-dealkylation sites (tertiary alicyclic amines) is 1. The van der Waals surface area contributed by atoms with Gasteiger partial charge in [-0.2, -0.15) is 5.10 Å². The summed E-state index contributed by atoms with van der Waals surface area (Å²) >= 11 is 0. The number of amides is 4. The quantitative estimate of drug-likeness (QED) is 0.306. The Hall–Kier alpha value is -5.14. The Morgan fingerprint density at radius 1 is 1.09 bits per heavy atom. The number of halogens is 1. The summed E-state index contributed by atoms with van der Waals surface area (Å²) in [6, 6.07) is 7.02. The lowest BCUT2D eigenvalue weighted by molar-refractivity contribution is -0.126. The molecule has 5 rings (SSSR count). The molecule has 1 saturated heterocycles. The van der Waals surface area contributed by atoms with Crippen LogP contribution in [0.25, 0.3) is 11.1 Å². The average Bonchev–Trinajstić information content (AvgIpc) is 3.85. The standard InChI is InChI=1S/C23H24FN5O2.C5H9NO.C3H7NO.C2H5NO/c1-12-5-8-18(22(31-4)21(12)16-9-17(24)13(2)25-11-16)26-19-10-20(29-28-14(19)3)27-23(30)15-6-7-15;1-6-4-2-3-5(6)7;1-4(2)3-5;1-3-2-4/h5,8-11,15H,6-7H2,1-4H3,(H2,26,27,29,30);2-4H2,1H3;3H,1-2H3;2H,1H3,(H,3,4). The molecule has 4 amide bonds. The first-order valence-electron chi connectivity index (χ1n) is 15.1. The topological polar surface area (TPSA) is 159 Å². The molecule has 0 radical (unpaired) electrons. The summed E-state index contributed by atoms with van der Waals surface area (Å²) < 4.78 is 19.9. The van der Waals surface area contributed by atoms with E-state index in [1.807, 2.05) is 33.0 Å². The zero-order chi connectivity index (χ0) is 35.1. The van der Waals surface area contributed by atoms with Gasteiger partial charge in [-0.05, 0) is 57.7 Å². The zero-order valence-corrected chi connectivity index (χ0v) is 28.3. The van der Waals surface area contributed by atoms with E-state index in [4.69, 9.17) is 9.53 Å². The number of carbonyl (C=O) groups is 4. The predicted octanol–water partition coefficient (Wildman–Crippen LogP) is 4.01. The van der Waals surface area contributed by atoms with Gasteiger partial charge in [0.1, 0.15) is 11.6 Å². The summed E-state index contributed by atoms with van der Waals surface area (Å²) in [4.78, 5) is 48.4. The number of aromatic nitrogens is 3. The fourth-order valence-corrected chi connectivity index (χ4v) is 4.14. The molecule has 14 heteroatoms. The Kier molecular flexibility index (Phi) is 15.2. The van der Waals surface area contributed by atoms with Gasteiger partial charge in [0.25, 0.3) is 0 Å². The maximum absolute atomic E-state index is 14.2. The molecule has 1 aliphatic carbocycles. The first kappa shape index (κ1) is 38.0. The summed E-state index contributed by atoms with van der Waals surface area (Å²) in [6.45, 7) is 6.34. The highest BCUT2D eigenvalue weighted by molar-refractivity contribution is 5.93. The minimum absolute atomic E-state index is 0.0341. The molecule has 1 saturated carbocycles. The maximum atomic E-state index is 14.2. The van der Waals surface area contributed by atoms with E-state index in [-0.39, 0.29) is 17.6 Å². The molecule has 0 unspecified atom stereocenters. The predicted molar refractivity (Wildman–Crippen MR) is 179 cm³/mol. The van der Waals surface area contributed by atoms with Gasteiger partial charge in [-0.1, -0.05) is 6.07 Å². The number of carbonyl (C=O) groups excluding carboxylic acids is 4. The van der Waals surface area contributed by atoms with Crippen molar-refractivity contribution in [3.8, 4) is 16.9 Å². The van der Waals surface area contributed by atoms with E-state index in [2.05, 4.69) is 31.1 Å². The fourth-order valence-electron chi connectivity index (χ4n) is 4.14. The van der Waals surface area contributed by atoms with Gasteiger partial charge in [-0.25, -0.2) is 4.39 Å². The number of aryl methyl sites for hydroxylation is 3. The summed E-state index contributed by atoms with van der Waals surface area (Å²) in [5, 5.41) is 16.6. The number of benzene rings is 1. The SMILES string of the molecule is CN(C)C=O.CN1CCCC1=O.CNC=O.COc1c(Nc2cc(NC(=O)C3CC3)nnc2C)ccc(C)c1-c1cnc(C)c(F)c1. The number of nitrogens with zero attached hydrogens (tertiary/aromatic N) is 5. The van der Waals surface area contributed by atoms with Crippen LogP contribution in [0.2, 0.25) is 0 Å². The van der Waals surface area contributed by atoms with Gasteiger partial charge < -0.3 is 30.5 Å². The highest BCUT2D eigenvalue weighted by Crippen LogP contribution is 2.41. The lowest BCUT2D eigenvalue weighted by Gasteiger charge is -2.18. The summed E-state index contributed by atoms with van der Waals surface area (Å²) in [5.41, 5.74) is 4.67. The molecule has 1 aliphatic heterocycles. The first-order chi connectivity index (χ1) is 22.4. The number of methoxy groups -OCH3 is 1. The van der Waals surface area contributed by atoms with Crippen molar-refractivity contribution in [2.75, 3.05) is 52.5 Å². The van der Waals surface area contributed by atoms with E-state index in [9.17, 15) is 18.8 Å². The Labute approximate surface area is 275 Å². The molecule has 2 aliphatic rings. The Morgan fingerprint density at radius 2 is 1.74 bits per heavy atom. The second-order valence-electron chi connectivity index (χ2n) is 11.1. The maximum Gasteiger partial charge on any atom is 0.228 e. The van der Waals surface area contributed by atoms with Crippen molar-refractivity contribution in [3.63, 3.8) is 0 Å². The van der Waals surface area contributed by atoms with Crippen LogP contribution in [0.15, 0.2) is 30.5 Å². The molecule has 47 heavy (non-hydrogen) atoms. The minimum Gasteiger partial charge on any atom is -0.494 e. The van der Waals surface area contributed by atoms with E-state index in [1.165, 1.54) is 11.0 Å². The summed E-state index contributed by atoms with van der Waals surface area (Å²) in [5.74, 6) is 0.907. The van der Waals surface area contributed by atoms with Gasteiger partial charge >= 0.3 is 0 Å². The summed E-state index contributed by atoms with van der Waals surface area (Å²) in [6.07, 6.45) is 6.64. The molecule has 0 spiro atoms. The monoisotopic (exact) mass is 652 g/mol. The molecule has 0 atom stereocenters. The van der Waals surface area contributed by atoms with Crippen molar-refractivity contribution in [1.82, 2.24) is 30.3 Å². The molecule has 254 valence electrons. The number of pyridine rings is 1. The fraction of sp³-hybridized carbons (Fsp3) is 0.424. The number of ether oxygens (including phenoxy) is 1. The smallest absolute Gasteiger partial charge is 0.228 e. The third kappa shape index (κ3) is 11.9. The Morgan fingerprint density at radius 3 is 2.21 bits per heavy atom. The molecule has 2 aromatic heterocycles. The molecule has 3 aromatic rings. The van der Waals surface area contributed by atoms with E-state index >= 15 is 0 Å². The lowest BCUT2D eigenvalue weighted by Crippen LogP contribution is -2.17. The van der Waals surface area contributed by atoms with E-state index in [0.29, 0.717) is 52.2 Å². The normalized spacial score (nSPS) is 13.0. The van der Waals surface area contributed by atoms with Gasteiger partial charge in [-0.3, -0.25) is 24.2 Å². The van der Waals surface area contributed by atoms with Gasteiger partial charge in [0.15, 0.2) is 5.82 Å². The van der Waals surface area contributed by atoms with Crippen LogP contribution < -0.4 is 20.7 Å². The van der Waals surface area contributed by atoms with Crippen LogP contribution in [0.4, 0.5) is 21.6 Å². The zero-order valence-electron chi connectivity index (χ0n) is 28.3. The van der Waals surface area contributed by atoms with E-state index in [0.717, 1.165) is 49.8 Å². The van der Waals surface area contributed by atoms with Crippen LogP contribution in [-0.4, -0.2) is 91.5 Å². The number of nitrogens with one attached hydrogen (secondary N) is 3. The lowest BCUT2D eigenvalue weighted by atomic mass is 9.99. The van der Waals surface area contributed by atoms with Gasteiger partial charge in [0, 0.05) is 70.5 Å². The molecule has 1 aromatic carbocycles. The second kappa shape index (κ2) is 18.7. The molecule has 3 N–H and O–H groups in total. The first-order valence-corrected chi connectivity index (χ1v) is 15.1. The number of hydrogen-bond acceptors (Lipinski definition) is 9. The number of rotatable bonds is 8. The molecule has 3 heterocycles. The van der Waals surface area contributed by atoms with Crippen LogP contribution in [0.3, 0.4) is 0 Å². The van der Waals surface area contributed by atoms with Crippen LogP contribution >= 0.6 is 0 Å². The molecule has 13 nitrogen and oxygen atoms in total. The number of anilines is 3. The van der Waals surface area contributed by atoms with Crippen molar-refractivity contribution in [1.29, 1.82) is 0 Å². The highest BCUT2D eigenvalue weighted by Gasteiger charge is 2.30. The van der Waals surface area contributed by atoms with E-state index in [1.54, 1.807) is 52.3 Å². The van der Waals surface area contributed by atoms with Crippen LogP contribution in [0.5, 0.6) is 5.75 Å². The third-order valence-electron chi connectivity index (χ3n) is 6.97. The van der Waals surface area contributed by atoms with Crippen LogP contribution in [0, 0.1) is 32.5 Å². The number of hydrogen-bond donors (Lipinski definition) is 3. The van der Waals surface area contributed by atoms with Crippen molar-refractivity contribution < 1.29 is 28.3 Å². The van der Waals surface area contributed by atoms with Crippen LogP contribution in [-0.2, 0) is 19.2 Å². The van der Waals surface area contributed by atoms with Crippen molar-refractivity contribution in [2.24, 2.45) is 5.92 Å².